The van der Waals surface area contributed by atoms with Gasteiger partial charge in [0, 0.05) is 12.4 Å². The van der Waals surface area contributed by atoms with Crippen molar-refractivity contribution in [2.75, 3.05) is 0 Å². The van der Waals surface area contributed by atoms with Gasteiger partial charge in [0.15, 0.2) is 0 Å². The molecule has 0 aromatic carbocycles. The Morgan fingerprint density at radius 2 is 2.42 bits per heavy atom. The smallest absolute Gasteiger partial charge is 0.0840 e. The zero-order valence-electron chi connectivity index (χ0n) is 7.20. The van der Waals surface area contributed by atoms with Crippen molar-refractivity contribution < 1.29 is 0 Å². The van der Waals surface area contributed by atoms with E-state index in [1.165, 1.54) is 5.56 Å². The first-order valence-corrected chi connectivity index (χ1v) is 4.31. The Morgan fingerprint density at radius 3 is 3.33 bits per heavy atom. The maximum absolute atomic E-state index is 4.35. The van der Waals surface area contributed by atoms with Gasteiger partial charge >= 0.3 is 0 Å². The van der Waals surface area contributed by atoms with Gasteiger partial charge in [0.05, 0.1) is 11.9 Å². The summed E-state index contributed by atoms with van der Waals surface area (Å²) in [7, 11) is 0. The number of fused-ring (bicyclic) bond motifs is 1. The summed E-state index contributed by atoms with van der Waals surface area (Å²) in [6.07, 6.45) is 7.88. The molecule has 1 aliphatic rings. The Hall–Kier alpha value is -1.18. The summed E-state index contributed by atoms with van der Waals surface area (Å²) in [6, 6.07) is 2.06. The van der Waals surface area contributed by atoms with Crippen LogP contribution in [0.15, 0.2) is 23.5 Å². The Kier molecular flexibility index (Phi) is 1.90. The van der Waals surface area contributed by atoms with Crippen LogP contribution in [0.25, 0.3) is 0 Å². The average molecular weight is 160 g/mol. The van der Waals surface area contributed by atoms with E-state index in [1.807, 2.05) is 18.6 Å². The summed E-state index contributed by atoms with van der Waals surface area (Å²) in [4.78, 5) is 8.40. The molecule has 1 aliphatic heterocycles. The van der Waals surface area contributed by atoms with Crippen LogP contribution >= 0.6 is 0 Å². The lowest BCUT2D eigenvalue weighted by atomic mass is 10.00. The van der Waals surface area contributed by atoms with Crippen LogP contribution in [0.2, 0.25) is 0 Å². The predicted octanol–water partition coefficient (Wildman–Crippen LogP) is 2.37. The van der Waals surface area contributed by atoms with E-state index in [0.29, 0.717) is 5.92 Å². The third-order valence-electron chi connectivity index (χ3n) is 2.19. The number of aliphatic imine (C=N–C) groups is 1. The first-order valence-electron chi connectivity index (χ1n) is 4.31. The van der Waals surface area contributed by atoms with Crippen LogP contribution in [0.4, 0.5) is 5.69 Å². The fourth-order valence-electron chi connectivity index (χ4n) is 1.49. The summed E-state index contributed by atoms with van der Waals surface area (Å²) >= 11 is 0. The van der Waals surface area contributed by atoms with Crippen LogP contribution in [0.5, 0.6) is 0 Å². The molecule has 1 unspecified atom stereocenters. The molecule has 0 aliphatic carbocycles. The number of nitrogens with zero attached hydrogens (tertiary/aromatic N) is 2. The minimum absolute atomic E-state index is 0.706. The predicted molar refractivity (Wildman–Crippen MR) is 49.9 cm³/mol. The molecule has 0 spiro atoms. The average Bonchev–Trinajstić information content (AvgIpc) is 2.25. The molecule has 0 radical (unpaired) electrons. The van der Waals surface area contributed by atoms with Gasteiger partial charge < -0.3 is 0 Å². The van der Waals surface area contributed by atoms with Gasteiger partial charge in [-0.2, -0.15) is 0 Å². The first-order chi connectivity index (χ1) is 5.86. The molecule has 0 saturated heterocycles. The molecule has 1 atom stereocenters. The highest BCUT2D eigenvalue weighted by atomic mass is 14.8. The van der Waals surface area contributed by atoms with Crippen LogP contribution in [0.1, 0.15) is 18.9 Å². The summed E-state index contributed by atoms with van der Waals surface area (Å²) < 4.78 is 0. The highest BCUT2D eigenvalue weighted by Gasteiger charge is 2.09. The van der Waals surface area contributed by atoms with Crippen molar-refractivity contribution in [2.24, 2.45) is 10.9 Å². The van der Waals surface area contributed by atoms with Crippen LogP contribution in [-0.2, 0) is 6.42 Å². The molecule has 12 heavy (non-hydrogen) atoms. The number of pyridine rings is 1. The maximum atomic E-state index is 4.35. The van der Waals surface area contributed by atoms with E-state index in [4.69, 9.17) is 0 Å². The summed E-state index contributed by atoms with van der Waals surface area (Å²) in [6.45, 7) is 2.25. The minimum Gasteiger partial charge on any atom is -0.262 e. The normalized spacial score (nSPS) is 21.6. The lowest BCUT2D eigenvalue weighted by molar-refractivity contribution is 0.616. The second-order valence-corrected chi connectivity index (χ2v) is 3.36. The number of rotatable bonds is 0. The largest absolute Gasteiger partial charge is 0.262 e. The second-order valence-electron chi connectivity index (χ2n) is 3.36. The maximum Gasteiger partial charge on any atom is 0.0840 e. The lowest BCUT2D eigenvalue weighted by Gasteiger charge is -2.05. The van der Waals surface area contributed by atoms with E-state index in [9.17, 15) is 0 Å². The fraction of sp³-hybridized carbons (Fsp3) is 0.400. The van der Waals surface area contributed by atoms with Gasteiger partial charge in [-0.15, -0.1) is 0 Å². The Labute approximate surface area is 72.4 Å². The van der Waals surface area contributed by atoms with Gasteiger partial charge in [-0.1, -0.05) is 6.92 Å². The second kappa shape index (κ2) is 3.05. The van der Waals surface area contributed by atoms with E-state index in [1.54, 1.807) is 0 Å². The van der Waals surface area contributed by atoms with Crippen molar-refractivity contribution in [1.29, 1.82) is 0 Å². The zero-order chi connectivity index (χ0) is 8.39. The summed E-state index contributed by atoms with van der Waals surface area (Å²) in [5, 5.41) is 0. The van der Waals surface area contributed by atoms with Gasteiger partial charge in [0.2, 0.25) is 0 Å². The van der Waals surface area contributed by atoms with Crippen LogP contribution < -0.4 is 0 Å². The monoisotopic (exact) mass is 160 g/mol. The van der Waals surface area contributed by atoms with E-state index in [0.717, 1.165) is 18.5 Å². The molecule has 1 aromatic rings. The van der Waals surface area contributed by atoms with Crippen molar-refractivity contribution in [3.8, 4) is 0 Å². The number of aromatic nitrogens is 1. The van der Waals surface area contributed by atoms with Crippen LogP contribution in [0, 0.1) is 5.92 Å². The van der Waals surface area contributed by atoms with Crippen LogP contribution in [0.3, 0.4) is 0 Å². The molecule has 2 nitrogen and oxygen atoms in total. The van der Waals surface area contributed by atoms with Gasteiger partial charge in [0.25, 0.3) is 0 Å². The standard InChI is InChI=1S/C10H12N2/c1-8-2-5-12-10-7-11-4-3-9(10)6-8/h3-5,7-8H,2,6H2,1H3. The first kappa shape index (κ1) is 7.47. The molecular weight excluding hydrogens is 148 g/mol. The summed E-state index contributed by atoms with van der Waals surface area (Å²) in [5.74, 6) is 0.706. The molecule has 0 amide bonds. The van der Waals surface area contributed by atoms with E-state index in [2.05, 4.69) is 23.0 Å². The molecule has 0 bridgehead atoms. The lowest BCUT2D eigenvalue weighted by Crippen LogP contribution is -1.97. The van der Waals surface area contributed by atoms with Gasteiger partial charge in [-0.05, 0) is 30.4 Å². The van der Waals surface area contributed by atoms with E-state index >= 15 is 0 Å². The third-order valence-corrected chi connectivity index (χ3v) is 2.19. The Bertz CT molecular complexity index is 304. The molecule has 62 valence electrons. The highest BCUT2D eigenvalue weighted by molar-refractivity contribution is 5.66. The molecule has 0 N–H and O–H groups in total. The van der Waals surface area contributed by atoms with Crippen molar-refractivity contribution in [2.45, 2.75) is 19.8 Å². The van der Waals surface area contributed by atoms with Gasteiger partial charge in [0.1, 0.15) is 0 Å². The van der Waals surface area contributed by atoms with E-state index < -0.39 is 0 Å². The molecule has 0 saturated carbocycles. The molecule has 2 heteroatoms. The molecular formula is C10H12N2. The van der Waals surface area contributed by atoms with Crippen molar-refractivity contribution in [3.63, 3.8) is 0 Å². The topological polar surface area (TPSA) is 25.2 Å². The van der Waals surface area contributed by atoms with Crippen molar-refractivity contribution >= 4 is 11.9 Å². The number of hydrogen-bond acceptors (Lipinski definition) is 2. The molecule has 1 aromatic heterocycles. The van der Waals surface area contributed by atoms with Crippen molar-refractivity contribution in [1.82, 2.24) is 4.98 Å². The quantitative estimate of drug-likeness (QED) is 0.572. The van der Waals surface area contributed by atoms with Gasteiger partial charge in [-0.25, -0.2) is 0 Å². The summed E-state index contributed by atoms with van der Waals surface area (Å²) in [5.41, 5.74) is 2.37. The third kappa shape index (κ3) is 1.37. The minimum atomic E-state index is 0.706. The van der Waals surface area contributed by atoms with Gasteiger partial charge in [-0.3, -0.25) is 9.98 Å². The zero-order valence-corrected chi connectivity index (χ0v) is 7.20. The molecule has 2 heterocycles. The fourth-order valence-corrected chi connectivity index (χ4v) is 1.49. The molecule has 2 rings (SSSR count). The Morgan fingerprint density at radius 1 is 1.50 bits per heavy atom. The Balaban J connectivity index is 2.41. The molecule has 0 fully saturated rings. The van der Waals surface area contributed by atoms with Crippen molar-refractivity contribution in [3.05, 3.63) is 24.0 Å². The number of hydrogen-bond donors (Lipinski definition) is 0. The SMILES string of the molecule is CC1CC=Nc2cnccc2C1. The highest BCUT2D eigenvalue weighted by Crippen LogP contribution is 2.24. The van der Waals surface area contributed by atoms with Crippen LogP contribution in [-0.4, -0.2) is 11.2 Å². The van der Waals surface area contributed by atoms with E-state index in [-0.39, 0.29) is 0 Å².